The lowest BCUT2D eigenvalue weighted by Crippen LogP contribution is -2.79. The fourth-order valence-corrected chi connectivity index (χ4v) is 7.41. The molecular weight excluding hydrogens is 384 g/mol. The minimum absolute atomic E-state index is 0.0505. The second-order valence-electron chi connectivity index (χ2n) is 10.2. The Labute approximate surface area is 175 Å². The minimum atomic E-state index is -0.931. The van der Waals surface area contributed by atoms with Crippen molar-refractivity contribution in [1.29, 1.82) is 0 Å². The van der Waals surface area contributed by atoms with Gasteiger partial charge in [0, 0.05) is 24.6 Å². The number of likely N-dealkylation sites (tertiary alicyclic amines) is 1. The van der Waals surface area contributed by atoms with Crippen molar-refractivity contribution in [1.82, 2.24) is 4.90 Å². The van der Waals surface area contributed by atoms with Crippen LogP contribution in [0.3, 0.4) is 0 Å². The Morgan fingerprint density at radius 2 is 2.00 bits per heavy atom. The number of carbonyl (C=O) groups is 1. The Balaban J connectivity index is 1.46. The third-order valence-electron chi connectivity index (χ3n) is 8.83. The lowest BCUT2D eigenvalue weighted by Gasteiger charge is -2.65. The van der Waals surface area contributed by atoms with Gasteiger partial charge in [0.05, 0.1) is 29.8 Å². The molecule has 3 heterocycles. The van der Waals surface area contributed by atoms with Gasteiger partial charge in [0.2, 0.25) is 5.79 Å². The molecule has 7 heteroatoms. The van der Waals surface area contributed by atoms with E-state index in [9.17, 15) is 9.90 Å². The fraction of sp³-hybridized carbons (Fsp3) is 0.696. The Hall–Kier alpha value is -1.67. The molecule has 160 valence electrons. The molecule has 7 rings (SSSR count). The summed E-state index contributed by atoms with van der Waals surface area (Å²) in [5, 5.41) is 12.4. The number of hydrogen-bond acceptors (Lipinski definition) is 6. The zero-order valence-corrected chi connectivity index (χ0v) is 17.1. The van der Waals surface area contributed by atoms with Crippen LogP contribution in [0.25, 0.3) is 0 Å². The van der Waals surface area contributed by atoms with E-state index in [-0.39, 0.29) is 6.04 Å². The molecule has 4 atom stereocenters. The predicted octanol–water partition coefficient (Wildman–Crippen LogP) is 1.09. The van der Waals surface area contributed by atoms with E-state index < -0.39 is 28.8 Å². The second kappa shape index (κ2) is 5.57. The highest BCUT2D eigenvalue weighted by Crippen LogP contribution is 2.67. The number of hydrogen-bond donors (Lipinski definition) is 2. The first-order valence-corrected chi connectivity index (χ1v) is 11.4. The summed E-state index contributed by atoms with van der Waals surface area (Å²) in [6.45, 7) is 3.03. The van der Waals surface area contributed by atoms with Crippen LogP contribution in [-0.4, -0.2) is 65.8 Å². The van der Waals surface area contributed by atoms with Gasteiger partial charge in [-0.25, -0.2) is 0 Å². The number of ether oxygens (including phenoxy) is 3. The number of amides is 1. The molecule has 3 aliphatic carbocycles. The van der Waals surface area contributed by atoms with Gasteiger partial charge in [0.25, 0.3) is 5.91 Å². The van der Waals surface area contributed by atoms with Gasteiger partial charge in [0.15, 0.2) is 6.10 Å². The van der Waals surface area contributed by atoms with Crippen molar-refractivity contribution in [3.8, 4) is 5.75 Å². The van der Waals surface area contributed by atoms with Crippen molar-refractivity contribution in [3.63, 3.8) is 0 Å². The monoisotopic (exact) mass is 412 g/mol. The van der Waals surface area contributed by atoms with E-state index in [0.29, 0.717) is 37.4 Å². The van der Waals surface area contributed by atoms with Crippen LogP contribution in [0.5, 0.6) is 5.75 Å². The van der Waals surface area contributed by atoms with Gasteiger partial charge in [-0.15, -0.1) is 0 Å². The molecule has 2 saturated carbocycles. The zero-order valence-electron chi connectivity index (χ0n) is 17.1. The number of nitrogens with two attached hydrogens (primary N) is 1. The fourth-order valence-electron chi connectivity index (χ4n) is 7.41. The maximum Gasteiger partial charge on any atom is 0.252 e. The number of nitrogens with zero attached hydrogens (tertiary/aromatic N) is 1. The Morgan fingerprint density at radius 1 is 1.20 bits per heavy atom. The summed E-state index contributed by atoms with van der Waals surface area (Å²) in [6.07, 6.45) is 4.88. The highest BCUT2D eigenvalue weighted by Gasteiger charge is 2.77. The van der Waals surface area contributed by atoms with Crippen LogP contribution >= 0.6 is 0 Å². The molecule has 4 unspecified atom stereocenters. The first-order chi connectivity index (χ1) is 14.5. The number of fused-ring (bicyclic) bond motifs is 1. The van der Waals surface area contributed by atoms with Crippen LogP contribution < -0.4 is 10.5 Å². The number of rotatable bonds is 3. The standard InChI is InChI=1S/C23H28N2O5/c24-19(26)15-4-3-14-11-16-22(27)5-6-23(28-9-10-29-23)20-21(22,17(14)18(15)30-20)7-8-25(16)12-13-1-2-13/h3-4,13,16,20,27H,1-2,5-12H2,(H2,24,26). The Bertz CT molecular complexity index is 955. The molecule has 7 nitrogen and oxygen atoms in total. The SMILES string of the molecule is NC(=O)c1ccc2c3c1OC1C4(CCC5(O)C(C2)N(CC2CC2)CCC315)OCCO4. The summed E-state index contributed by atoms with van der Waals surface area (Å²) in [7, 11) is 0. The highest BCUT2D eigenvalue weighted by atomic mass is 16.8. The number of piperidine rings is 1. The van der Waals surface area contributed by atoms with Crippen LogP contribution in [-0.2, 0) is 21.3 Å². The van der Waals surface area contributed by atoms with Gasteiger partial charge in [-0.1, -0.05) is 6.07 Å². The zero-order chi connectivity index (χ0) is 20.3. The molecule has 4 fully saturated rings. The smallest absolute Gasteiger partial charge is 0.252 e. The van der Waals surface area contributed by atoms with Gasteiger partial charge >= 0.3 is 0 Å². The molecular formula is C23H28N2O5. The van der Waals surface area contributed by atoms with Crippen molar-refractivity contribution >= 4 is 5.91 Å². The topological polar surface area (TPSA) is 94.3 Å². The molecule has 1 amide bonds. The van der Waals surface area contributed by atoms with Crippen LogP contribution in [0.4, 0.5) is 0 Å². The summed E-state index contributed by atoms with van der Waals surface area (Å²) < 4.78 is 18.9. The quantitative estimate of drug-likeness (QED) is 0.772. The van der Waals surface area contributed by atoms with Crippen LogP contribution in [0.2, 0.25) is 0 Å². The first-order valence-electron chi connectivity index (χ1n) is 11.4. The number of primary amides is 1. The molecule has 0 aromatic heterocycles. The van der Waals surface area contributed by atoms with E-state index in [0.717, 1.165) is 37.4 Å². The molecule has 0 radical (unpaired) electrons. The lowest BCUT2D eigenvalue weighted by molar-refractivity contribution is -0.296. The van der Waals surface area contributed by atoms with E-state index in [1.165, 1.54) is 18.4 Å². The molecule has 1 aromatic carbocycles. The Kier molecular flexibility index (Phi) is 3.33. The highest BCUT2D eigenvalue weighted by molar-refractivity contribution is 5.97. The van der Waals surface area contributed by atoms with Crippen molar-refractivity contribution in [2.24, 2.45) is 11.7 Å². The Morgan fingerprint density at radius 3 is 2.73 bits per heavy atom. The summed E-state index contributed by atoms with van der Waals surface area (Å²) in [4.78, 5) is 14.8. The van der Waals surface area contributed by atoms with Gasteiger partial charge < -0.3 is 25.1 Å². The van der Waals surface area contributed by atoms with E-state index in [1.54, 1.807) is 6.07 Å². The largest absolute Gasteiger partial charge is 0.483 e. The maximum absolute atomic E-state index is 12.4. The number of benzene rings is 1. The summed E-state index contributed by atoms with van der Waals surface area (Å²) >= 11 is 0. The third-order valence-corrected chi connectivity index (χ3v) is 8.83. The van der Waals surface area contributed by atoms with E-state index in [1.807, 2.05) is 6.07 Å². The average Bonchev–Trinajstić information content (AvgIpc) is 3.28. The molecule has 2 spiro atoms. The molecule has 3 N–H and O–H groups in total. The van der Waals surface area contributed by atoms with Gasteiger partial charge in [-0.2, -0.15) is 0 Å². The van der Waals surface area contributed by atoms with Crippen LogP contribution in [0.15, 0.2) is 12.1 Å². The summed E-state index contributed by atoms with van der Waals surface area (Å²) in [5.74, 6) is -0.0402. The number of aliphatic hydroxyl groups is 1. The van der Waals surface area contributed by atoms with E-state index in [2.05, 4.69) is 4.90 Å². The van der Waals surface area contributed by atoms with Crippen LogP contribution in [0.1, 0.15) is 53.6 Å². The predicted molar refractivity (Wildman–Crippen MR) is 106 cm³/mol. The molecule has 2 saturated heterocycles. The van der Waals surface area contributed by atoms with Crippen molar-refractivity contribution in [2.45, 2.75) is 67.5 Å². The normalized spacial score (nSPS) is 40.3. The molecule has 3 aliphatic heterocycles. The summed E-state index contributed by atoms with van der Waals surface area (Å²) in [5.41, 5.74) is 6.71. The second-order valence-corrected chi connectivity index (χ2v) is 10.2. The average molecular weight is 412 g/mol. The molecule has 30 heavy (non-hydrogen) atoms. The van der Waals surface area contributed by atoms with E-state index >= 15 is 0 Å². The molecule has 6 aliphatic rings. The molecule has 1 aromatic rings. The third kappa shape index (κ3) is 1.94. The van der Waals surface area contributed by atoms with E-state index in [4.69, 9.17) is 19.9 Å². The molecule has 2 bridgehead atoms. The van der Waals surface area contributed by atoms with Crippen molar-refractivity contribution in [2.75, 3.05) is 26.3 Å². The minimum Gasteiger partial charge on any atom is -0.483 e. The van der Waals surface area contributed by atoms with Gasteiger partial charge in [-0.05, 0) is 56.2 Å². The van der Waals surface area contributed by atoms with Gasteiger partial charge in [-0.3, -0.25) is 9.69 Å². The number of carbonyl (C=O) groups excluding carboxylic acids is 1. The lowest BCUT2D eigenvalue weighted by atomic mass is 9.48. The summed E-state index contributed by atoms with van der Waals surface area (Å²) in [6, 6.07) is 3.87. The van der Waals surface area contributed by atoms with Crippen molar-refractivity contribution < 1.29 is 24.1 Å². The van der Waals surface area contributed by atoms with Gasteiger partial charge in [0.1, 0.15) is 5.75 Å². The maximum atomic E-state index is 12.4. The van der Waals surface area contributed by atoms with Crippen LogP contribution in [0, 0.1) is 5.92 Å². The first kappa shape index (κ1) is 18.0. The van der Waals surface area contributed by atoms with Crippen molar-refractivity contribution in [3.05, 3.63) is 28.8 Å².